The molecule has 0 bridgehead atoms. The van der Waals surface area contributed by atoms with Crippen molar-refractivity contribution in [1.82, 2.24) is 14.8 Å². The molecule has 1 amide bonds. The Hall–Kier alpha value is -3.91. The number of amides is 1. The van der Waals surface area contributed by atoms with Crippen molar-refractivity contribution in [2.75, 3.05) is 11.1 Å². The Kier molecular flexibility index (Phi) is 7.39. The van der Waals surface area contributed by atoms with Gasteiger partial charge in [-0.2, -0.15) is 0 Å². The first-order valence-electron chi connectivity index (χ1n) is 10.7. The van der Waals surface area contributed by atoms with E-state index in [9.17, 15) is 9.59 Å². The van der Waals surface area contributed by atoms with Gasteiger partial charge < -0.3 is 10.1 Å². The van der Waals surface area contributed by atoms with Gasteiger partial charge in [0.05, 0.1) is 5.75 Å². The number of carbonyl (C=O) groups excluding carboxylic acids is 2. The van der Waals surface area contributed by atoms with Gasteiger partial charge in [-0.1, -0.05) is 60.3 Å². The van der Waals surface area contributed by atoms with E-state index in [1.165, 1.54) is 18.7 Å². The molecule has 0 aliphatic carbocycles. The third kappa shape index (κ3) is 5.71. The summed E-state index contributed by atoms with van der Waals surface area (Å²) >= 11 is 1.28. The molecule has 3 aromatic carbocycles. The number of nitrogens with one attached hydrogen (secondary N) is 1. The number of aromatic nitrogens is 3. The van der Waals surface area contributed by atoms with E-state index >= 15 is 0 Å². The van der Waals surface area contributed by atoms with Crippen LogP contribution in [0.15, 0.2) is 84.0 Å². The molecule has 172 valence electrons. The van der Waals surface area contributed by atoms with E-state index in [1.54, 1.807) is 24.3 Å². The highest BCUT2D eigenvalue weighted by Crippen LogP contribution is 2.24. The average molecular weight is 473 g/mol. The van der Waals surface area contributed by atoms with Gasteiger partial charge in [-0.05, 0) is 49.7 Å². The molecule has 4 rings (SSSR count). The van der Waals surface area contributed by atoms with Crippen molar-refractivity contribution < 1.29 is 14.3 Å². The highest BCUT2D eigenvalue weighted by Gasteiger charge is 2.17. The molecule has 0 aliphatic rings. The largest absolute Gasteiger partial charge is 0.485 e. The molecule has 0 atom stereocenters. The second kappa shape index (κ2) is 10.8. The predicted molar refractivity (Wildman–Crippen MR) is 133 cm³/mol. The number of ketones is 1. The maximum atomic E-state index is 12.6. The number of thioether (sulfide) groups is 1. The van der Waals surface area contributed by atoms with Crippen LogP contribution in [0.25, 0.3) is 5.69 Å². The van der Waals surface area contributed by atoms with Crippen molar-refractivity contribution in [1.29, 1.82) is 0 Å². The quantitative estimate of drug-likeness (QED) is 0.270. The molecule has 34 heavy (non-hydrogen) atoms. The van der Waals surface area contributed by atoms with Crippen molar-refractivity contribution in [3.8, 4) is 11.4 Å². The second-order valence-electron chi connectivity index (χ2n) is 7.60. The summed E-state index contributed by atoms with van der Waals surface area (Å²) in [7, 11) is 0. The number of hydrogen-bond acceptors (Lipinski definition) is 6. The van der Waals surface area contributed by atoms with Crippen LogP contribution in [0.3, 0.4) is 0 Å². The molecule has 1 aromatic heterocycles. The van der Waals surface area contributed by atoms with Crippen LogP contribution in [-0.4, -0.2) is 32.2 Å². The SMILES string of the molecule is CC(=O)c1cccc(NC(=O)CSc2nnc(COc3ccccc3C)n2-c2ccccc2)c1. The number of benzene rings is 3. The van der Waals surface area contributed by atoms with Gasteiger partial charge in [0.1, 0.15) is 12.4 Å². The molecule has 0 saturated heterocycles. The molecule has 0 radical (unpaired) electrons. The second-order valence-corrected chi connectivity index (χ2v) is 8.54. The molecule has 7 nitrogen and oxygen atoms in total. The number of hydrogen-bond donors (Lipinski definition) is 1. The van der Waals surface area contributed by atoms with E-state index in [2.05, 4.69) is 15.5 Å². The summed E-state index contributed by atoms with van der Waals surface area (Å²) in [5, 5.41) is 12.1. The highest BCUT2D eigenvalue weighted by atomic mass is 32.2. The zero-order valence-corrected chi connectivity index (χ0v) is 19.7. The number of Topliss-reactive ketones (excluding diaryl/α,β-unsaturated/α-hetero) is 1. The maximum absolute atomic E-state index is 12.6. The Morgan fingerprint density at radius 3 is 2.50 bits per heavy atom. The summed E-state index contributed by atoms with van der Waals surface area (Å²) in [5.74, 6) is 1.29. The van der Waals surface area contributed by atoms with Crippen LogP contribution >= 0.6 is 11.8 Å². The van der Waals surface area contributed by atoms with Crippen molar-refractivity contribution >= 4 is 29.1 Å². The van der Waals surface area contributed by atoms with Gasteiger partial charge in [0.2, 0.25) is 5.91 Å². The Bertz CT molecular complexity index is 1300. The van der Waals surface area contributed by atoms with Crippen molar-refractivity contribution in [3.63, 3.8) is 0 Å². The van der Waals surface area contributed by atoms with E-state index in [-0.39, 0.29) is 24.1 Å². The van der Waals surface area contributed by atoms with Crippen LogP contribution in [0.2, 0.25) is 0 Å². The molecule has 1 heterocycles. The topological polar surface area (TPSA) is 86.1 Å². The normalized spacial score (nSPS) is 10.6. The molecule has 0 unspecified atom stereocenters. The van der Waals surface area contributed by atoms with Crippen molar-refractivity contribution in [2.24, 2.45) is 0 Å². The summed E-state index contributed by atoms with van der Waals surface area (Å²) < 4.78 is 7.89. The number of para-hydroxylation sites is 2. The molecule has 0 aliphatic heterocycles. The lowest BCUT2D eigenvalue weighted by Crippen LogP contribution is -2.15. The fourth-order valence-electron chi connectivity index (χ4n) is 3.33. The van der Waals surface area contributed by atoms with E-state index in [0.29, 0.717) is 22.2 Å². The molecule has 8 heteroatoms. The summed E-state index contributed by atoms with van der Waals surface area (Å²) in [4.78, 5) is 24.2. The van der Waals surface area contributed by atoms with Crippen LogP contribution < -0.4 is 10.1 Å². The van der Waals surface area contributed by atoms with Gasteiger partial charge in [0, 0.05) is 16.9 Å². The van der Waals surface area contributed by atoms with Crippen LogP contribution in [0, 0.1) is 6.92 Å². The molecule has 0 spiro atoms. The Morgan fingerprint density at radius 2 is 1.74 bits per heavy atom. The molecule has 0 fully saturated rings. The van der Waals surface area contributed by atoms with Gasteiger partial charge in [-0.15, -0.1) is 10.2 Å². The lowest BCUT2D eigenvalue weighted by molar-refractivity contribution is -0.113. The van der Waals surface area contributed by atoms with Gasteiger partial charge in [-0.25, -0.2) is 0 Å². The van der Waals surface area contributed by atoms with Crippen LogP contribution in [-0.2, 0) is 11.4 Å². The lowest BCUT2D eigenvalue weighted by Gasteiger charge is -2.12. The number of nitrogens with zero attached hydrogens (tertiary/aromatic N) is 3. The van der Waals surface area contributed by atoms with E-state index < -0.39 is 0 Å². The summed E-state index contributed by atoms with van der Waals surface area (Å²) in [6.45, 7) is 3.72. The third-order valence-electron chi connectivity index (χ3n) is 5.05. The van der Waals surface area contributed by atoms with Crippen LogP contribution in [0.4, 0.5) is 5.69 Å². The Balaban J connectivity index is 1.49. The van der Waals surface area contributed by atoms with Gasteiger partial charge in [0.15, 0.2) is 16.8 Å². The molecular formula is C26H24N4O3S. The van der Waals surface area contributed by atoms with Gasteiger partial charge in [-0.3, -0.25) is 14.2 Å². The summed E-state index contributed by atoms with van der Waals surface area (Å²) in [6.07, 6.45) is 0. The van der Waals surface area contributed by atoms with Crippen LogP contribution in [0.5, 0.6) is 5.75 Å². The minimum atomic E-state index is -0.203. The number of carbonyl (C=O) groups is 2. The number of ether oxygens (including phenoxy) is 1. The minimum absolute atomic E-state index is 0.0538. The first-order chi connectivity index (χ1) is 16.5. The van der Waals surface area contributed by atoms with Crippen LogP contribution in [0.1, 0.15) is 28.7 Å². The van der Waals surface area contributed by atoms with E-state index in [4.69, 9.17) is 4.74 Å². The molecular weight excluding hydrogens is 448 g/mol. The number of anilines is 1. The van der Waals surface area contributed by atoms with Crippen molar-refractivity contribution in [3.05, 3.63) is 95.8 Å². The zero-order valence-electron chi connectivity index (χ0n) is 18.9. The first kappa shape index (κ1) is 23.3. The fraction of sp³-hybridized carbons (Fsp3) is 0.154. The Labute approximate surface area is 202 Å². The summed E-state index contributed by atoms with van der Waals surface area (Å²) in [5.41, 5.74) is 3.05. The minimum Gasteiger partial charge on any atom is -0.485 e. The monoisotopic (exact) mass is 472 g/mol. The number of rotatable bonds is 9. The zero-order chi connectivity index (χ0) is 23.9. The highest BCUT2D eigenvalue weighted by molar-refractivity contribution is 7.99. The lowest BCUT2D eigenvalue weighted by atomic mass is 10.1. The third-order valence-corrected chi connectivity index (χ3v) is 5.98. The molecule has 0 saturated carbocycles. The average Bonchev–Trinajstić information content (AvgIpc) is 3.25. The summed E-state index contributed by atoms with van der Waals surface area (Å²) in [6, 6.07) is 24.4. The smallest absolute Gasteiger partial charge is 0.234 e. The van der Waals surface area contributed by atoms with Crippen molar-refractivity contribution in [2.45, 2.75) is 25.6 Å². The van der Waals surface area contributed by atoms with Gasteiger partial charge >= 0.3 is 0 Å². The first-order valence-corrected chi connectivity index (χ1v) is 11.7. The van der Waals surface area contributed by atoms with E-state index in [0.717, 1.165) is 17.0 Å². The molecule has 1 N–H and O–H groups in total. The molecule has 4 aromatic rings. The standard InChI is InChI=1S/C26H24N4O3S/c1-18-9-6-7-14-23(18)33-16-24-28-29-26(30(24)22-12-4-3-5-13-22)34-17-25(32)27-21-11-8-10-20(15-21)19(2)31/h3-15H,16-17H2,1-2H3,(H,27,32). The number of aryl methyl sites for hydroxylation is 1. The Morgan fingerprint density at radius 1 is 0.971 bits per heavy atom. The maximum Gasteiger partial charge on any atom is 0.234 e. The fourth-order valence-corrected chi connectivity index (χ4v) is 4.10. The van der Waals surface area contributed by atoms with E-state index in [1.807, 2.05) is 66.1 Å². The van der Waals surface area contributed by atoms with Gasteiger partial charge in [0.25, 0.3) is 0 Å². The predicted octanol–water partition coefficient (Wildman–Crippen LogP) is 5.09.